The third kappa shape index (κ3) is 3.56. The van der Waals surface area contributed by atoms with Gasteiger partial charge in [0.2, 0.25) is 10.0 Å². The maximum atomic E-state index is 13.5. The molecule has 2 heterocycles. The predicted octanol–water partition coefficient (Wildman–Crippen LogP) is 3.23. The van der Waals surface area contributed by atoms with E-state index in [1.165, 1.54) is 4.31 Å². The van der Waals surface area contributed by atoms with E-state index in [0.29, 0.717) is 41.4 Å². The van der Waals surface area contributed by atoms with Crippen LogP contribution in [0.4, 0.5) is 0 Å². The van der Waals surface area contributed by atoms with E-state index in [1.54, 1.807) is 11.8 Å². The molecule has 0 N–H and O–H groups in total. The molecule has 8 heteroatoms. The Morgan fingerprint density at radius 1 is 0.900 bits per heavy atom. The van der Waals surface area contributed by atoms with Crippen molar-refractivity contribution < 1.29 is 17.7 Å². The lowest BCUT2D eigenvalue weighted by Gasteiger charge is -2.35. The maximum Gasteiger partial charge on any atom is 0.259 e. The topological polar surface area (TPSA) is 83.7 Å². The van der Waals surface area contributed by atoms with E-state index in [-0.39, 0.29) is 19.0 Å². The molecule has 7 nitrogen and oxygen atoms in total. The summed E-state index contributed by atoms with van der Waals surface area (Å²) in [5.41, 5.74) is 5.86. The zero-order chi connectivity index (χ0) is 22.4. The SMILES string of the molecule is CCc1onc(C)c1C(=O)N1CCN(S(=O)(=O)c2c(C)c(C)c(C)c(C)c2C)CC1. The van der Waals surface area contributed by atoms with Gasteiger partial charge in [-0.1, -0.05) is 12.1 Å². The van der Waals surface area contributed by atoms with E-state index in [1.807, 2.05) is 41.5 Å². The zero-order valence-electron chi connectivity index (χ0n) is 18.9. The second kappa shape index (κ2) is 8.15. The number of nitrogens with zero attached hydrogens (tertiary/aromatic N) is 3. The summed E-state index contributed by atoms with van der Waals surface area (Å²) in [7, 11) is -3.64. The molecule has 0 bridgehead atoms. The minimum atomic E-state index is -3.64. The molecule has 1 aromatic carbocycles. The molecule has 1 amide bonds. The molecule has 0 saturated carbocycles. The number of carbonyl (C=O) groups is 1. The van der Waals surface area contributed by atoms with E-state index < -0.39 is 10.0 Å². The summed E-state index contributed by atoms with van der Waals surface area (Å²) in [6.07, 6.45) is 0.584. The molecule has 30 heavy (non-hydrogen) atoms. The van der Waals surface area contributed by atoms with Crippen LogP contribution in [0.15, 0.2) is 9.42 Å². The molecule has 0 spiro atoms. The highest BCUT2D eigenvalue weighted by Crippen LogP contribution is 2.32. The minimum absolute atomic E-state index is 0.142. The van der Waals surface area contributed by atoms with Gasteiger partial charge in [-0.05, 0) is 69.4 Å². The Balaban J connectivity index is 1.85. The van der Waals surface area contributed by atoms with Crippen molar-refractivity contribution in [1.29, 1.82) is 0 Å². The van der Waals surface area contributed by atoms with Gasteiger partial charge < -0.3 is 9.42 Å². The highest BCUT2D eigenvalue weighted by Gasteiger charge is 2.34. The summed E-state index contributed by atoms with van der Waals surface area (Å²) in [6.45, 7) is 14.6. The lowest BCUT2D eigenvalue weighted by Crippen LogP contribution is -2.50. The Morgan fingerprint density at radius 2 is 1.40 bits per heavy atom. The average Bonchev–Trinajstić information content (AvgIpc) is 3.10. The molecule has 1 aliphatic rings. The van der Waals surface area contributed by atoms with Crippen LogP contribution in [-0.4, -0.2) is 54.9 Å². The van der Waals surface area contributed by atoms with Crippen LogP contribution in [0.5, 0.6) is 0 Å². The molecule has 1 aliphatic heterocycles. The predicted molar refractivity (Wildman–Crippen MR) is 115 cm³/mol. The first-order valence-corrected chi connectivity index (χ1v) is 11.8. The molecule has 1 saturated heterocycles. The number of benzene rings is 1. The lowest BCUT2D eigenvalue weighted by molar-refractivity contribution is 0.0695. The number of aryl methyl sites for hydroxylation is 2. The molecule has 1 aromatic heterocycles. The van der Waals surface area contributed by atoms with Crippen molar-refractivity contribution in [3.05, 3.63) is 44.8 Å². The fourth-order valence-corrected chi connectivity index (χ4v) is 6.19. The Kier molecular flexibility index (Phi) is 6.11. The molecular formula is C22H31N3O4S. The van der Waals surface area contributed by atoms with Crippen LogP contribution >= 0.6 is 0 Å². The van der Waals surface area contributed by atoms with Gasteiger partial charge in [-0.3, -0.25) is 4.79 Å². The van der Waals surface area contributed by atoms with Crippen LogP contribution in [0.2, 0.25) is 0 Å². The smallest absolute Gasteiger partial charge is 0.259 e. The first-order valence-electron chi connectivity index (χ1n) is 10.3. The number of carbonyl (C=O) groups excluding carboxylic acids is 1. The van der Waals surface area contributed by atoms with E-state index in [9.17, 15) is 13.2 Å². The number of piperazine rings is 1. The average molecular weight is 434 g/mol. The van der Waals surface area contributed by atoms with E-state index >= 15 is 0 Å². The van der Waals surface area contributed by atoms with Crippen LogP contribution in [0.1, 0.15) is 56.6 Å². The number of sulfonamides is 1. The van der Waals surface area contributed by atoms with Gasteiger partial charge in [-0.25, -0.2) is 8.42 Å². The first kappa shape index (κ1) is 22.5. The minimum Gasteiger partial charge on any atom is -0.360 e. The molecule has 0 unspecified atom stereocenters. The Bertz CT molecular complexity index is 1070. The van der Waals surface area contributed by atoms with Crippen LogP contribution in [0.3, 0.4) is 0 Å². The molecule has 0 aliphatic carbocycles. The van der Waals surface area contributed by atoms with Crippen molar-refractivity contribution in [2.24, 2.45) is 0 Å². The van der Waals surface area contributed by atoms with Gasteiger partial charge >= 0.3 is 0 Å². The summed E-state index contributed by atoms with van der Waals surface area (Å²) in [4.78, 5) is 15.1. The fourth-order valence-electron chi connectivity index (χ4n) is 4.20. The second-order valence-corrected chi connectivity index (χ2v) is 9.94. The Morgan fingerprint density at radius 3 is 1.90 bits per heavy atom. The summed E-state index contributed by atoms with van der Waals surface area (Å²) in [6, 6.07) is 0. The number of amides is 1. The van der Waals surface area contributed by atoms with Gasteiger partial charge in [0.25, 0.3) is 5.91 Å². The molecule has 3 rings (SSSR count). The Labute approximate surface area is 179 Å². The standard InChI is InChI=1S/C22H31N3O4S/c1-8-19-20(18(7)23-29-19)22(26)24-9-11-25(12-10-24)30(27,28)21-16(5)14(3)13(2)15(4)17(21)6/h8-12H2,1-7H3. The van der Waals surface area contributed by atoms with Crippen molar-refractivity contribution in [2.45, 2.75) is 59.8 Å². The molecule has 0 atom stereocenters. The van der Waals surface area contributed by atoms with Gasteiger partial charge in [0.15, 0.2) is 0 Å². The monoisotopic (exact) mass is 433 g/mol. The number of rotatable bonds is 4. The third-order valence-electron chi connectivity index (χ3n) is 6.52. The molecular weight excluding hydrogens is 402 g/mol. The number of aromatic nitrogens is 1. The summed E-state index contributed by atoms with van der Waals surface area (Å²) in [5.74, 6) is 0.432. The first-order chi connectivity index (χ1) is 14.0. The van der Waals surface area contributed by atoms with Gasteiger partial charge in [-0.2, -0.15) is 4.31 Å². The molecule has 1 fully saturated rings. The summed E-state index contributed by atoms with van der Waals surface area (Å²) in [5, 5.41) is 3.91. The van der Waals surface area contributed by atoms with Crippen molar-refractivity contribution in [2.75, 3.05) is 26.2 Å². The number of hydrogen-bond acceptors (Lipinski definition) is 5. The van der Waals surface area contributed by atoms with Crippen LogP contribution in [-0.2, 0) is 16.4 Å². The third-order valence-corrected chi connectivity index (χ3v) is 8.70. The highest BCUT2D eigenvalue weighted by atomic mass is 32.2. The lowest BCUT2D eigenvalue weighted by atomic mass is 9.95. The zero-order valence-corrected chi connectivity index (χ0v) is 19.7. The summed E-state index contributed by atoms with van der Waals surface area (Å²) >= 11 is 0. The van der Waals surface area contributed by atoms with Crippen LogP contribution in [0, 0.1) is 41.5 Å². The van der Waals surface area contributed by atoms with Gasteiger partial charge in [0, 0.05) is 32.6 Å². The van der Waals surface area contributed by atoms with Gasteiger partial charge in [-0.15, -0.1) is 0 Å². The van der Waals surface area contributed by atoms with E-state index in [0.717, 1.165) is 27.8 Å². The van der Waals surface area contributed by atoms with Gasteiger partial charge in [0.05, 0.1) is 10.6 Å². The maximum absolute atomic E-state index is 13.5. The quantitative estimate of drug-likeness (QED) is 0.739. The molecule has 0 radical (unpaired) electrons. The molecule has 164 valence electrons. The van der Waals surface area contributed by atoms with E-state index in [4.69, 9.17) is 4.52 Å². The van der Waals surface area contributed by atoms with Crippen molar-refractivity contribution in [1.82, 2.24) is 14.4 Å². The van der Waals surface area contributed by atoms with Crippen molar-refractivity contribution >= 4 is 15.9 Å². The molecule has 2 aromatic rings. The second-order valence-electron chi connectivity index (χ2n) is 8.07. The highest BCUT2D eigenvalue weighted by molar-refractivity contribution is 7.89. The van der Waals surface area contributed by atoms with Crippen molar-refractivity contribution in [3.63, 3.8) is 0 Å². The van der Waals surface area contributed by atoms with Crippen molar-refractivity contribution in [3.8, 4) is 0 Å². The Hall–Kier alpha value is -2.19. The van der Waals surface area contributed by atoms with Gasteiger partial charge in [0.1, 0.15) is 11.3 Å². The fraction of sp³-hybridized carbons (Fsp3) is 0.545. The van der Waals surface area contributed by atoms with Crippen LogP contribution in [0.25, 0.3) is 0 Å². The normalized spacial score (nSPS) is 15.6. The largest absolute Gasteiger partial charge is 0.360 e. The summed E-state index contributed by atoms with van der Waals surface area (Å²) < 4.78 is 33.7. The number of hydrogen-bond donors (Lipinski definition) is 0. The van der Waals surface area contributed by atoms with E-state index in [2.05, 4.69) is 5.16 Å². The van der Waals surface area contributed by atoms with Crippen LogP contribution < -0.4 is 0 Å².